The minimum atomic E-state index is -1.26. The number of esters is 4. The van der Waals surface area contributed by atoms with E-state index in [2.05, 4.69) is 0 Å². The van der Waals surface area contributed by atoms with E-state index in [-0.39, 0.29) is 26.1 Å². The van der Waals surface area contributed by atoms with E-state index in [1.54, 1.807) is 12.1 Å². The molecule has 8 heteroatoms. The zero-order chi connectivity index (χ0) is 41.4. The molecule has 0 N–H and O–H groups in total. The van der Waals surface area contributed by atoms with Crippen LogP contribution in [0.2, 0.25) is 0 Å². The van der Waals surface area contributed by atoms with Gasteiger partial charge in [-0.15, -0.1) is 0 Å². The second-order valence-electron chi connectivity index (χ2n) is 16.9. The summed E-state index contributed by atoms with van der Waals surface area (Å²) in [4.78, 5) is 56.2. The monoisotopic (exact) mass is 774 g/mol. The molecule has 4 aromatic carbocycles. The maximum Gasteiger partial charge on any atom is 0.338 e. The molecule has 0 amide bonds. The van der Waals surface area contributed by atoms with E-state index in [1.165, 1.54) is 0 Å². The Balaban J connectivity index is 1.93. The highest BCUT2D eigenvalue weighted by Gasteiger charge is 2.56. The van der Waals surface area contributed by atoms with Crippen LogP contribution in [0.15, 0.2) is 97.1 Å². The molecule has 0 bridgehead atoms. The Morgan fingerprint density at radius 1 is 0.544 bits per heavy atom. The van der Waals surface area contributed by atoms with Gasteiger partial charge in [0.05, 0.1) is 37.2 Å². The van der Waals surface area contributed by atoms with Crippen molar-refractivity contribution >= 4 is 23.9 Å². The topological polar surface area (TPSA) is 105 Å². The van der Waals surface area contributed by atoms with Gasteiger partial charge in [-0.25, -0.2) is 9.59 Å². The smallest absolute Gasteiger partial charge is 0.338 e. The van der Waals surface area contributed by atoms with E-state index in [9.17, 15) is 19.2 Å². The summed E-state index contributed by atoms with van der Waals surface area (Å²) in [5.41, 5.74) is 2.59. The fourth-order valence-electron chi connectivity index (χ4n) is 7.97. The van der Waals surface area contributed by atoms with Gasteiger partial charge >= 0.3 is 23.9 Å². The number of carbonyl (C=O) groups excluding carboxylic acids is 4. The summed E-state index contributed by atoms with van der Waals surface area (Å²) < 4.78 is 23.6. The first-order chi connectivity index (χ1) is 27.1. The van der Waals surface area contributed by atoms with E-state index >= 15 is 0 Å². The van der Waals surface area contributed by atoms with Gasteiger partial charge in [0.1, 0.15) is 11.2 Å². The molecule has 8 nitrogen and oxygen atoms in total. The number of rotatable bonds is 16. The Hall–Kier alpha value is -5.24. The third-order valence-electron chi connectivity index (χ3n) is 10.2. The lowest BCUT2D eigenvalue weighted by Gasteiger charge is -2.46. The van der Waals surface area contributed by atoms with Crippen molar-refractivity contribution in [2.75, 3.05) is 13.2 Å². The quantitative estimate of drug-likeness (QED) is 0.0629. The molecular weight excluding hydrogens is 717 g/mol. The number of benzene rings is 4. The highest BCUT2D eigenvalue weighted by Crippen LogP contribution is 2.64. The molecule has 0 spiro atoms. The average molecular weight is 775 g/mol. The summed E-state index contributed by atoms with van der Waals surface area (Å²) in [5.74, 6) is -3.16. The van der Waals surface area contributed by atoms with Crippen molar-refractivity contribution in [2.24, 2.45) is 0 Å². The molecule has 302 valence electrons. The van der Waals surface area contributed by atoms with Gasteiger partial charge in [-0.3, -0.25) is 9.59 Å². The first-order valence-electron chi connectivity index (χ1n) is 20.3. The van der Waals surface area contributed by atoms with Crippen molar-refractivity contribution in [3.05, 3.63) is 130 Å². The molecule has 4 aromatic rings. The summed E-state index contributed by atoms with van der Waals surface area (Å²) in [5, 5.41) is 0. The molecule has 0 aliphatic heterocycles. The van der Waals surface area contributed by atoms with Crippen molar-refractivity contribution < 1.29 is 38.1 Å². The van der Waals surface area contributed by atoms with Crippen LogP contribution in [0.3, 0.4) is 0 Å². The van der Waals surface area contributed by atoms with Crippen LogP contribution in [-0.2, 0) is 34.0 Å². The summed E-state index contributed by atoms with van der Waals surface area (Å²) in [6.45, 7) is 15.6. The van der Waals surface area contributed by atoms with Gasteiger partial charge in [0.25, 0.3) is 0 Å². The molecule has 0 saturated carbocycles. The Bertz CT molecular complexity index is 1870. The maximum atomic E-state index is 14.3. The van der Waals surface area contributed by atoms with Crippen LogP contribution in [0.1, 0.15) is 149 Å². The number of ether oxygens (including phenoxy) is 4. The largest absolute Gasteiger partial charge is 0.462 e. The summed E-state index contributed by atoms with van der Waals surface area (Å²) in [6, 6.07) is 30.5. The number of fused-ring (bicyclic) bond motifs is 3. The fraction of sp³-hybridized carbons (Fsp3) is 0.429. The van der Waals surface area contributed by atoms with Gasteiger partial charge < -0.3 is 18.9 Å². The molecule has 5 rings (SSSR count). The van der Waals surface area contributed by atoms with Crippen molar-refractivity contribution in [3.8, 4) is 11.1 Å². The summed E-state index contributed by atoms with van der Waals surface area (Å²) in [6.07, 6.45) is 3.00. The van der Waals surface area contributed by atoms with Crippen molar-refractivity contribution in [3.63, 3.8) is 0 Å². The first-order valence-corrected chi connectivity index (χ1v) is 20.3. The average Bonchev–Trinajstić information content (AvgIpc) is 3.44. The highest BCUT2D eigenvalue weighted by atomic mass is 16.6. The van der Waals surface area contributed by atoms with Gasteiger partial charge in [0.2, 0.25) is 0 Å². The second-order valence-corrected chi connectivity index (χ2v) is 16.9. The highest BCUT2D eigenvalue weighted by molar-refractivity contribution is 5.96. The van der Waals surface area contributed by atoms with E-state index in [0.717, 1.165) is 59.1 Å². The molecule has 1 aliphatic carbocycles. The van der Waals surface area contributed by atoms with E-state index in [1.807, 2.05) is 140 Å². The van der Waals surface area contributed by atoms with Crippen molar-refractivity contribution in [1.29, 1.82) is 0 Å². The van der Waals surface area contributed by atoms with Gasteiger partial charge in [0, 0.05) is 17.3 Å². The van der Waals surface area contributed by atoms with Crippen LogP contribution >= 0.6 is 0 Å². The summed E-state index contributed by atoms with van der Waals surface area (Å²) in [7, 11) is 0. The zero-order valence-electron chi connectivity index (χ0n) is 34.8. The Morgan fingerprint density at radius 2 is 0.912 bits per heavy atom. The van der Waals surface area contributed by atoms with E-state index < -0.39 is 52.3 Å². The lowest BCUT2D eigenvalue weighted by molar-refractivity contribution is -0.155. The lowest BCUT2D eigenvalue weighted by Crippen LogP contribution is -2.43. The standard InChI is InChI=1S/C49H58O8/c1-9-11-27-54-45(52)35-23-25-37-38-26-24-36(46(53)55-28-12-10-2)30-42(38)49(41(37)29-35,39(33-19-15-13-16-20-33)31-43(50)56-47(3,4)5)40(34-21-17-14-18-22-34)32-44(51)57-48(6,7)8/h13-26,29-30,39-40H,9-12,27-28,31-32H2,1-8H3. The van der Waals surface area contributed by atoms with Crippen molar-refractivity contribution in [2.45, 2.75) is 122 Å². The maximum absolute atomic E-state index is 14.3. The third-order valence-corrected chi connectivity index (χ3v) is 10.2. The molecule has 0 radical (unpaired) electrons. The SMILES string of the molecule is CCCCOC(=O)c1ccc2c(c1)C(C(CC(=O)OC(C)(C)C)c1ccccc1)(C(CC(=O)OC(C)(C)C)c1ccccc1)c1cc(C(=O)OCCCC)ccc1-2. The molecule has 57 heavy (non-hydrogen) atoms. The molecule has 0 fully saturated rings. The van der Waals surface area contributed by atoms with Gasteiger partial charge in [0.15, 0.2) is 0 Å². The Kier molecular flexibility index (Phi) is 13.8. The summed E-state index contributed by atoms with van der Waals surface area (Å²) >= 11 is 0. The molecular formula is C49H58O8. The Labute approximate surface area is 338 Å². The molecule has 2 atom stereocenters. The normalized spacial score (nSPS) is 14.1. The van der Waals surface area contributed by atoms with Gasteiger partial charge in [-0.1, -0.05) is 99.5 Å². The minimum Gasteiger partial charge on any atom is -0.462 e. The minimum absolute atomic E-state index is 0.0891. The molecule has 2 unspecified atom stereocenters. The van der Waals surface area contributed by atoms with Gasteiger partial charge in [-0.05, 0) is 112 Å². The molecule has 0 heterocycles. The lowest BCUT2D eigenvalue weighted by atomic mass is 9.55. The van der Waals surface area contributed by atoms with Crippen LogP contribution in [0, 0.1) is 0 Å². The number of unbranched alkanes of at least 4 members (excludes halogenated alkanes) is 2. The molecule has 0 aromatic heterocycles. The van der Waals surface area contributed by atoms with Crippen LogP contribution in [0.5, 0.6) is 0 Å². The number of hydrogen-bond donors (Lipinski definition) is 0. The Morgan fingerprint density at radius 3 is 1.25 bits per heavy atom. The van der Waals surface area contributed by atoms with E-state index in [4.69, 9.17) is 18.9 Å². The van der Waals surface area contributed by atoms with Gasteiger partial charge in [-0.2, -0.15) is 0 Å². The predicted molar refractivity (Wildman–Crippen MR) is 222 cm³/mol. The van der Waals surface area contributed by atoms with Crippen LogP contribution < -0.4 is 0 Å². The van der Waals surface area contributed by atoms with Crippen LogP contribution in [0.4, 0.5) is 0 Å². The number of hydrogen-bond acceptors (Lipinski definition) is 8. The predicted octanol–water partition coefficient (Wildman–Crippen LogP) is 10.9. The molecule has 0 saturated heterocycles. The number of carbonyl (C=O) groups is 4. The fourth-order valence-corrected chi connectivity index (χ4v) is 7.97. The van der Waals surface area contributed by atoms with Crippen LogP contribution in [-0.4, -0.2) is 48.3 Å². The third kappa shape index (κ3) is 10.2. The van der Waals surface area contributed by atoms with Crippen molar-refractivity contribution in [1.82, 2.24) is 0 Å². The van der Waals surface area contributed by atoms with Crippen LogP contribution in [0.25, 0.3) is 11.1 Å². The second kappa shape index (κ2) is 18.4. The van der Waals surface area contributed by atoms with E-state index in [0.29, 0.717) is 11.1 Å². The first kappa shape index (κ1) is 42.9. The zero-order valence-corrected chi connectivity index (χ0v) is 34.8. The molecule has 1 aliphatic rings.